The minimum atomic E-state index is 0.432. The van der Waals surface area contributed by atoms with Gasteiger partial charge in [-0.3, -0.25) is 0 Å². The van der Waals surface area contributed by atoms with Crippen molar-refractivity contribution >= 4 is 33.2 Å². The molecule has 0 radical (unpaired) electrons. The Morgan fingerprint density at radius 3 is 2.83 bits per heavy atom. The normalized spacial score (nSPS) is 10.3. The van der Waals surface area contributed by atoms with Gasteiger partial charge in [0.2, 0.25) is 0 Å². The highest BCUT2D eigenvalue weighted by Crippen LogP contribution is 2.28. The molecule has 1 aromatic carbocycles. The summed E-state index contributed by atoms with van der Waals surface area (Å²) in [4.78, 5) is 1.84. The molecule has 0 aromatic heterocycles. The third-order valence-corrected chi connectivity index (χ3v) is 3.00. The Balaban J connectivity index is 3.03. The molecule has 1 rings (SSSR count). The highest BCUT2D eigenvalue weighted by molar-refractivity contribution is 9.10. The van der Waals surface area contributed by atoms with Crippen molar-refractivity contribution < 1.29 is 0 Å². The van der Waals surface area contributed by atoms with Gasteiger partial charge in [-0.05, 0) is 34.1 Å². The zero-order valence-electron chi connectivity index (χ0n) is 10.2. The van der Waals surface area contributed by atoms with Crippen molar-refractivity contribution in [2.24, 2.45) is 0 Å². The van der Waals surface area contributed by atoms with E-state index in [1.807, 2.05) is 31.0 Å². The lowest BCUT2D eigenvalue weighted by molar-refractivity contribution is 1.19. The van der Waals surface area contributed by atoms with Crippen molar-refractivity contribution in [2.75, 3.05) is 11.9 Å². The van der Waals surface area contributed by atoms with E-state index in [-0.39, 0.29) is 0 Å². The van der Waals surface area contributed by atoms with Gasteiger partial charge in [0, 0.05) is 29.2 Å². The molecule has 92 valence electrons. The lowest BCUT2D eigenvalue weighted by Gasteiger charge is -2.16. The van der Waals surface area contributed by atoms with E-state index < -0.39 is 0 Å². The summed E-state index contributed by atoms with van der Waals surface area (Å²) in [6.45, 7) is 1.95. The average molecular weight is 324 g/mol. The van der Waals surface area contributed by atoms with Crippen molar-refractivity contribution in [3.8, 4) is 17.9 Å². The number of hydrogen-bond acceptors (Lipinski definition) is 2. The Bertz CT molecular complexity index is 561. The largest absolute Gasteiger partial charge is 0.348 e. The van der Waals surface area contributed by atoms with Crippen LogP contribution in [0.25, 0.3) is 0 Å². The van der Waals surface area contributed by atoms with Gasteiger partial charge in [0.15, 0.2) is 0 Å². The van der Waals surface area contributed by atoms with Crippen LogP contribution in [0.1, 0.15) is 13.3 Å². The fraction of sp³-hybridized carbons (Fsp3) is 0.214. The van der Waals surface area contributed by atoms with Crippen molar-refractivity contribution in [2.45, 2.75) is 13.3 Å². The van der Waals surface area contributed by atoms with Crippen molar-refractivity contribution in [3.63, 3.8) is 0 Å². The molecule has 1 aromatic rings. The van der Waals surface area contributed by atoms with Crippen LogP contribution in [0.2, 0.25) is 5.02 Å². The summed E-state index contributed by atoms with van der Waals surface area (Å²) >= 11 is 9.32. The van der Waals surface area contributed by atoms with E-state index in [0.717, 1.165) is 16.6 Å². The van der Waals surface area contributed by atoms with Crippen LogP contribution in [-0.4, -0.2) is 7.05 Å². The fourth-order valence-corrected chi connectivity index (χ4v) is 2.27. The minimum Gasteiger partial charge on any atom is -0.348 e. The number of hydrogen-bond donors (Lipinski definition) is 0. The third kappa shape index (κ3) is 4.11. The van der Waals surface area contributed by atoms with Crippen LogP contribution in [0, 0.1) is 23.2 Å². The zero-order valence-corrected chi connectivity index (χ0v) is 12.5. The predicted molar refractivity (Wildman–Crippen MR) is 79.3 cm³/mol. The van der Waals surface area contributed by atoms with Crippen LogP contribution in [-0.2, 0) is 0 Å². The van der Waals surface area contributed by atoms with E-state index in [1.54, 1.807) is 12.3 Å². The number of nitriles is 1. The Morgan fingerprint density at radius 2 is 2.28 bits per heavy atom. The second-order valence-corrected chi connectivity index (χ2v) is 4.81. The summed E-state index contributed by atoms with van der Waals surface area (Å²) in [6.07, 6.45) is 2.43. The molecule has 0 unspecified atom stereocenters. The molecule has 0 fully saturated rings. The maximum absolute atomic E-state index is 8.98. The molecule has 0 heterocycles. The summed E-state index contributed by atoms with van der Waals surface area (Å²) in [5, 5.41) is 9.64. The molecule has 0 spiro atoms. The Labute approximate surface area is 121 Å². The van der Waals surface area contributed by atoms with Gasteiger partial charge in [-0.15, -0.1) is 0 Å². The highest BCUT2D eigenvalue weighted by Gasteiger charge is 2.05. The zero-order chi connectivity index (χ0) is 13.5. The van der Waals surface area contributed by atoms with Crippen molar-refractivity contribution in [3.05, 3.63) is 39.5 Å². The second-order valence-electron chi connectivity index (χ2n) is 3.52. The van der Waals surface area contributed by atoms with E-state index in [0.29, 0.717) is 10.6 Å². The standard InChI is InChI=1S/C14H12BrClN2/c1-3-4-5-11(9-17)10-18(2)14-7-6-12(16)8-13(14)15/h6-8,10H,3H2,1-2H3/b11-10+. The summed E-state index contributed by atoms with van der Waals surface area (Å²) in [5.41, 5.74) is 1.35. The Hall–Kier alpha value is -1.42. The van der Waals surface area contributed by atoms with E-state index in [1.165, 1.54) is 0 Å². The van der Waals surface area contributed by atoms with E-state index in [2.05, 4.69) is 33.8 Å². The molecule has 2 nitrogen and oxygen atoms in total. The monoisotopic (exact) mass is 322 g/mol. The number of benzene rings is 1. The quantitative estimate of drug-likeness (QED) is 0.597. The second kappa shape index (κ2) is 7.11. The Morgan fingerprint density at radius 1 is 1.56 bits per heavy atom. The molecule has 0 saturated heterocycles. The first-order valence-electron chi connectivity index (χ1n) is 5.37. The molecular weight excluding hydrogens is 312 g/mol. The number of rotatable bonds is 2. The van der Waals surface area contributed by atoms with Gasteiger partial charge >= 0.3 is 0 Å². The van der Waals surface area contributed by atoms with Gasteiger partial charge in [-0.2, -0.15) is 5.26 Å². The number of halogens is 2. The molecule has 0 aliphatic carbocycles. The molecule has 0 aliphatic heterocycles. The topological polar surface area (TPSA) is 27.0 Å². The van der Waals surface area contributed by atoms with Crippen LogP contribution in [0.3, 0.4) is 0 Å². The van der Waals surface area contributed by atoms with E-state index in [4.69, 9.17) is 16.9 Å². The maximum Gasteiger partial charge on any atom is 0.118 e. The summed E-state index contributed by atoms with van der Waals surface area (Å²) in [7, 11) is 1.86. The number of anilines is 1. The predicted octanol–water partition coefficient (Wildman–Crippen LogP) is 4.36. The first-order valence-corrected chi connectivity index (χ1v) is 6.54. The Kier molecular flexibility index (Phi) is 5.78. The van der Waals surface area contributed by atoms with Gasteiger partial charge in [0.25, 0.3) is 0 Å². The van der Waals surface area contributed by atoms with Gasteiger partial charge < -0.3 is 4.90 Å². The molecular formula is C14H12BrClN2. The smallest absolute Gasteiger partial charge is 0.118 e. The van der Waals surface area contributed by atoms with E-state index >= 15 is 0 Å². The number of nitrogens with zero attached hydrogens (tertiary/aromatic N) is 2. The maximum atomic E-state index is 8.98. The van der Waals surface area contributed by atoms with Crippen LogP contribution in [0.5, 0.6) is 0 Å². The SMILES string of the molecule is CCC#C/C(C#N)=C\N(C)c1ccc(Cl)cc1Br. The molecule has 0 bridgehead atoms. The van der Waals surface area contributed by atoms with Crippen LogP contribution >= 0.6 is 27.5 Å². The van der Waals surface area contributed by atoms with E-state index in [9.17, 15) is 0 Å². The molecule has 4 heteroatoms. The summed E-state index contributed by atoms with van der Waals surface area (Å²) < 4.78 is 0.870. The lowest BCUT2D eigenvalue weighted by Crippen LogP contribution is -2.09. The van der Waals surface area contributed by atoms with Gasteiger partial charge in [-0.25, -0.2) is 0 Å². The van der Waals surface area contributed by atoms with Gasteiger partial charge in [-0.1, -0.05) is 30.4 Å². The first-order chi connectivity index (χ1) is 8.58. The van der Waals surface area contributed by atoms with Crippen LogP contribution < -0.4 is 4.90 Å². The summed E-state index contributed by atoms with van der Waals surface area (Å²) in [6, 6.07) is 7.56. The van der Waals surface area contributed by atoms with Gasteiger partial charge in [0.1, 0.15) is 11.6 Å². The molecule has 0 amide bonds. The third-order valence-electron chi connectivity index (χ3n) is 2.13. The molecule has 0 N–H and O–H groups in total. The molecule has 0 saturated carbocycles. The molecule has 0 aliphatic rings. The summed E-state index contributed by atoms with van der Waals surface area (Å²) in [5.74, 6) is 5.70. The fourth-order valence-electron chi connectivity index (χ4n) is 1.30. The highest BCUT2D eigenvalue weighted by atomic mass is 79.9. The van der Waals surface area contributed by atoms with Crippen LogP contribution in [0.4, 0.5) is 5.69 Å². The minimum absolute atomic E-state index is 0.432. The van der Waals surface area contributed by atoms with Gasteiger partial charge in [0.05, 0.1) is 5.69 Å². The van der Waals surface area contributed by atoms with Crippen molar-refractivity contribution in [1.29, 1.82) is 5.26 Å². The lowest BCUT2D eigenvalue weighted by atomic mass is 10.2. The van der Waals surface area contributed by atoms with Crippen LogP contribution in [0.15, 0.2) is 34.4 Å². The molecule has 18 heavy (non-hydrogen) atoms. The first kappa shape index (κ1) is 14.6. The molecule has 0 atom stereocenters. The van der Waals surface area contributed by atoms with Crippen molar-refractivity contribution in [1.82, 2.24) is 0 Å². The number of allylic oxidation sites excluding steroid dienone is 1. The average Bonchev–Trinajstić information content (AvgIpc) is 2.34.